The van der Waals surface area contributed by atoms with Crippen LogP contribution in [-0.4, -0.2) is 18.6 Å². The number of nitrogens with zero attached hydrogens (tertiary/aromatic N) is 1. The van der Waals surface area contributed by atoms with Gasteiger partial charge in [-0.2, -0.15) is 0 Å². The highest BCUT2D eigenvalue weighted by molar-refractivity contribution is 6.23. The number of hydrogen-bond donors (Lipinski definition) is 2. The molecule has 0 aromatic heterocycles. The molecule has 0 amide bonds. The van der Waals surface area contributed by atoms with Crippen molar-refractivity contribution in [3.05, 3.63) is 35.2 Å². The van der Waals surface area contributed by atoms with E-state index >= 15 is 0 Å². The summed E-state index contributed by atoms with van der Waals surface area (Å²) >= 11 is 6.17. The van der Waals surface area contributed by atoms with Gasteiger partial charge in [-0.25, -0.2) is 4.99 Å². The molecule has 3 N–H and O–H groups in total. The van der Waals surface area contributed by atoms with Crippen molar-refractivity contribution >= 4 is 17.6 Å². The fourth-order valence-electron chi connectivity index (χ4n) is 2.08. The van der Waals surface area contributed by atoms with Crippen molar-refractivity contribution in [2.75, 3.05) is 7.11 Å². The van der Waals surface area contributed by atoms with Gasteiger partial charge in [-0.15, -0.1) is 0 Å². The molecule has 1 aromatic rings. The Balaban J connectivity index is 2.37. The molecule has 0 radical (unpaired) electrons. The van der Waals surface area contributed by atoms with E-state index in [4.69, 9.17) is 26.8 Å². The van der Waals surface area contributed by atoms with Crippen molar-refractivity contribution < 1.29 is 9.47 Å². The van der Waals surface area contributed by atoms with Gasteiger partial charge in [-0.3, -0.25) is 0 Å². The maximum atomic E-state index is 6.17. The Kier molecular flexibility index (Phi) is 4.63. The Bertz CT molecular complexity index is 597. The number of ether oxygens (including phenoxy) is 2. The minimum atomic E-state index is -0.537. The molecule has 0 saturated carbocycles. The summed E-state index contributed by atoms with van der Waals surface area (Å²) in [6.07, 6.45) is 1.53. The van der Waals surface area contributed by atoms with E-state index in [1.807, 2.05) is 19.1 Å². The predicted octanol–water partition coefficient (Wildman–Crippen LogP) is 2.83. The highest BCUT2D eigenvalue weighted by Gasteiger charge is 2.20. The molecule has 0 saturated heterocycles. The Morgan fingerprint density at radius 3 is 2.62 bits per heavy atom. The normalized spacial score (nSPS) is 17.9. The number of hydrogen-bond acceptors (Lipinski definition) is 5. The molecule has 0 fully saturated rings. The fraction of sp³-hybridized carbons (Fsp3) is 0.400. The lowest BCUT2D eigenvalue weighted by Crippen LogP contribution is -2.41. The molecule has 0 spiro atoms. The molecule has 114 valence electrons. The van der Waals surface area contributed by atoms with E-state index in [0.29, 0.717) is 5.76 Å². The van der Waals surface area contributed by atoms with Crippen molar-refractivity contribution in [3.8, 4) is 11.5 Å². The van der Waals surface area contributed by atoms with Gasteiger partial charge in [0, 0.05) is 5.56 Å². The standard InChI is InChI=1S/C15H20ClN3O2/c1-8(2)10-6-11(20-4)9(3)5-12(10)21-13-7-18-15(17)19-14(13)16/h5-8,14H,1-4H3,(H3,17,18,19). The van der Waals surface area contributed by atoms with Crippen molar-refractivity contribution in [1.82, 2.24) is 5.32 Å². The summed E-state index contributed by atoms with van der Waals surface area (Å²) in [5, 5.41) is 2.81. The summed E-state index contributed by atoms with van der Waals surface area (Å²) in [7, 11) is 1.66. The van der Waals surface area contributed by atoms with Crippen LogP contribution in [0.2, 0.25) is 0 Å². The molecule has 6 heteroatoms. The average Bonchev–Trinajstić information content (AvgIpc) is 2.41. The number of guanidine groups is 1. The lowest BCUT2D eigenvalue weighted by atomic mass is 10.00. The van der Waals surface area contributed by atoms with Crippen LogP contribution in [0.15, 0.2) is 29.1 Å². The monoisotopic (exact) mass is 309 g/mol. The first kappa shape index (κ1) is 15.5. The fourth-order valence-corrected chi connectivity index (χ4v) is 2.29. The van der Waals surface area contributed by atoms with Crippen LogP contribution in [0, 0.1) is 6.92 Å². The Hall–Kier alpha value is -1.88. The number of methoxy groups -OCH3 is 1. The zero-order chi connectivity index (χ0) is 15.6. The van der Waals surface area contributed by atoms with Crippen molar-refractivity contribution in [2.45, 2.75) is 32.2 Å². The Morgan fingerprint density at radius 2 is 2.05 bits per heavy atom. The van der Waals surface area contributed by atoms with E-state index in [2.05, 4.69) is 24.2 Å². The van der Waals surface area contributed by atoms with Crippen molar-refractivity contribution in [2.24, 2.45) is 10.7 Å². The highest BCUT2D eigenvalue weighted by atomic mass is 35.5. The van der Waals surface area contributed by atoms with E-state index in [1.165, 1.54) is 6.20 Å². The van der Waals surface area contributed by atoms with Crippen LogP contribution in [-0.2, 0) is 0 Å². The van der Waals surface area contributed by atoms with Crippen molar-refractivity contribution in [1.29, 1.82) is 0 Å². The molecule has 0 aliphatic carbocycles. The molecule has 1 atom stereocenters. The first-order chi connectivity index (χ1) is 9.92. The Labute approximate surface area is 129 Å². The molecule has 21 heavy (non-hydrogen) atoms. The first-order valence-electron chi connectivity index (χ1n) is 6.72. The second-order valence-corrected chi connectivity index (χ2v) is 5.61. The predicted molar refractivity (Wildman–Crippen MR) is 84.9 cm³/mol. The number of nitrogens with one attached hydrogen (secondary N) is 1. The van der Waals surface area contributed by atoms with Gasteiger partial charge in [0.2, 0.25) is 0 Å². The maximum absolute atomic E-state index is 6.17. The van der Waals surface area contributed by atoms with Crippen molar-refractivity contribution in [3.63, 3.8) is 0 Å². The topological polar surface area (TPSA) is 68.9 Å². The van der Waals surface area contributed by atoms with Gasteiger partial charge in [-0.1, -0.05) is 25.4 Å². The third kappa shape index (κ3) is 3.42. The van der Waals surface area contributed by atoms with Gasteiger partial charge in [0.05, 0.1) is 13.3 Å². The van der Waals surface area contributed by atoms with E-state index in [1.54, 1.807) is 7.11 Å². The summed E-state index contributed by atoms with van der Waals surface area (Å²) in [6.45, 7) is 6.16. The second kappa shape index (κ2) is 6.26. The molecule has 1 heterocycles. The minimum absolute atomic E-state index is 0.275. The zero-order valence-electron chi connectivity index (χ0n) is 12.6. The minimum Gasteiger partial charge on any atom is -0.496 e. The van der Waals surface area contributed by atoms with E-state index in [9.17, 15) is 0 Å². The number of rotatable bonds is 4. The van der Waals surface area contributed by atoms with Crippen LogP contribution in [0.1, 0.15) is 30.9 Å². The van der Waals surface area contributed by atoms with Gasteiger partial charge < -0.3 is 20.5 Å². The third-order valence-electron chi connectivity index (χ3n) is 3.23. The molecule has 5 nitrogen and oxygen atoms in total. The largest absolute Gasteiger partial charge is 0.496 e. The zero-order valence-corrected chi connectivity index (χ0v) is 13.4. The molecule has 2 rings (SSSR count). The summed E-state index contributed by atoms with van der Waals surface area (Å²) in [5.74, 6) is 2.66. The average molecular weight is 310 g/mol. The quantitative estimate of drug-likeness (QED) is 0.663. The smallest absolute Gasteiger partial charge is 0.194 e. The van der Waals surface area contributed by atoms with Crippen LogP contribution >= 0.6 is 11.6 Å². The van der Waals surface area contributed by atoms with E-state index in [0.717, 1.165) is 22.6 Å². The number of benzene rings is 1. The SMILES string of the molecule is COc1cc(C(C)C)c(OC2=CN=C(N)NC2Cl)cc1C. The molecular weight excluding hydrogens is 290 g/mol. The summed E-state index contributed by atoms with van der Waals surface area (Å²) < 4.78 is 11.3. The van der Waals surface area contributed by atoms with Gasteiger partial charge in [-0.05, 0) is 30.5 Å². The lowest BCUT2D eigenvalue weighted by Gasteiger charge is -2.22. The third-order valence-corrected chi connectivity index (χ3v) is 3.56. The first-order valence-corrected chi connectivity index (χ1v) is 7.16. The van der Waals surface area contributed by atoms with Gasteiger partial charge >= 0.3 is 0 Å². The van der Waals surface area contributed by atoms with Crippen LogP contribution in [0.3, 0.4) is 0 Å². The van der Waals surface area contributed by atoms with Crippen LogP contribution in [0.4, 0.5) is 0 Å². The lowest BCUT2D eigenvalue weighted by molar-refractivity contribution is 0.384. The molecule has 1 aromatic carbocycles. The van der Waals surface area contributed by atoms with Crippen LogP contribution in [0.25, 0.3) is 0 Å². The van der Waals surface area contributed by atoms with Crippen LogP contribution in [0.5, 0.6) is 11.5 Å². The summed E-state index contributed by atoms with van der Waals surface area (Å²) in [5.41, 5.74) is 7.06. The molecule has 0 bridgehead atoms. The number of halogens is 1. The van der Waals surface area contributed by atoms with Crippen LogP contribution < -0.4 is 20.5 Å². The second-order valence-electron chi connectivity index (χ2n) is 5.17. The Morgan fingerprint density at radius 1 is 1.33 bits per heavy atom. The summed E-state index contributed by atoms with van der Waals surface area (Å²) in [4.78, 5) is 3.98. The van der Waals surface area contributed by atoms with E-state index < -0.39 is 5.50 Å². The van der Waals surface area contributed by atoms with Gasteiger partial charge in [0.25, 0.3) is 0 Å². The van der Waals surface area contributed by atoms with Gasteiger partial charge in [0.15, 0.2) is 17.2 Å². The number of aryl methyl sites for hydroxylation is 1. The molecule has 1 aliphatic rings. The number of alkyl halides is 1. The van der Waals surface area contributed by atoms with Gasteiger partial charge in [0.1, 0.15) is 11.5 Å². The maximum Gasteiger partial charge on any atom is 0.194 e. The highest BCUT2D eigenvalue weighted by Crippen LogP contribution is 2.35. The molecule has 1 aliphatic heterocycles. The van der Waals surface area contributed by atoms with E-state index in [-0.39, 0.29) is 11.9 Å². The number of aliphatic imine (C=N–C) groups is 1. The molecular formula is C15H20ClN3O2. The summed E-state index contributed by atoms with van der Waals surface area (Å²) in [6, 6.07) is 3.94. The molecule has 1 unspecified atom stereocenters. The number of nitrogens with two attached hydrogens (primary N) is 1.